The molecular formula is C33H32N4O6. The van der Waals surface area contributed by atoms with Crippen molar-refractivity contribution >= 4 is 27.6 Å². The Morgan fingerprint density at radius 2 is 1.65 bits per heavy atom. The maximum Gasteiger partial charge on any atom is 0.275 e. The number of hydrogen-bond acceptors (Lipinski definition) is 8. The summed E-state index contributed by atoms with van der Waals surface area (Å²) in [6, 6.07) is 16.8. The highest BCUT2D eigenvalue weighted by atomic mass is 16.5. The Balaban J connectivity index is 1.37. The maximum absolute atomic E-state index is 13.6. The Labute approximate surface area is 248 Å². The van der Waals surface area contributed by atoms with E-state index in [2.05, 4.69) is 5.10 Å². The molecule has 0 saturated heterocycles. The molecule has 220 valence electrons. The molecule has 0 N–H and O–H groups in total. The fourth-order valence-electron chi connectivity index (χ4n) is 5.69. The van der Waals surface area contributed by atoms with Crippen molar-refractivity contribution in [2.24, 2.45) is 0 Å². The second-order valence-corrected chi connectivity index (χ2v) is 10.4. The fourth-order valence-corrected chi connectivity index (χ4v) is 5.69. The third-order valence-corrected chi connectivity index (χ3v) is 7.83. The zero-order valence-corrected chi connectivity index (χ0v) is 24.8. The van der Waals surface area contributed by atoms with Crippen LogP contribution in [0.15, 0.2) is 59.4 Å². The van der Waals surface area contributed by atoms with Gasteiger partial charge < -0.3 is 23.8 Å². The first-order chi connectivity index (χ1) is 20.8. The van der Waals surface area contributed by atoms with Crippen molar-refractivity contribution in [3.63, 3.8) is 0 Å². The molecule has 0 spiro atoms. The van der Waals surface area contributed by atoms with E-state index in [1.165, 1.54) is 4.68 Å². The van der Waals surface area contributed by atoms with Gasteiger partial charge in [-0.1, -0.05) is 18.2 Å². The minimum Gasteiger partial charge on any atom is -0.496 e. The Bertz CT molecular complexity index is 1950. The van der Waals surface area contributed by atoms with Crippen molar-refractivity contribution in [2.45, 2.75) is 26.9 Å². The molecule has 3 heterocycles. The highest BCUT2D eigenvalue weighted by molar-refractivity contribution is 5.94. The molecule has 0 radical (unpaired) electrons. The van der Waals surface area contributed by atoms with Crippen LogP contribution in [0, 0.1) is 13.8 Å². The molecule has 0 aliphatic carbocycles. The topological polar surface area (TPSA) is 105 Å². The lowest BCUT2D eigenvalue weighted by atomic mass is 10.0. The minimum atomic E-state index is -0.296. The number of methoxy groups -OCH3 is 3. The molecule has 0 fully saturated rings. The van der Waals surface area contributed by atoms with Crippen molar-refractivity contribution in [1.29, 1.82) is 0 Å². The van der Waals surface area contributed by atoms with Crippen LogP contribution >= 0.6 is 0 Å². The number of aryl methyl sites for hydroxylation is 2. The number of benzene rings is 3. The van der Waals surface area contributed by atoms with Crippen LogP contribution in [0.4, 0.5) is 0 Å². The zero-order chi connectivity index (χ0) is 30.2. The molecule has 1 aliphatic rings. The van der Waals surface area contributed by atoms with Crippen LogP contribution in [-0.2, 0) is 17.9 Å². The monoisotopic (exact) mass is 580 g/mol. The lowest BCUT2D eigenvalue weighted by Gasteiger charge is -2.21. The van der Waals surface area contributed by atoms with Gasteiger partial charge in [0.15, 0.2) is 11.5 Å². The molecule has 10 heteroatoms. The van der Waals surface area contributed by atoms with Crippen LogP contribution in [0.2, 0.25) is 0 Å². The molecule has 5 aromatic rings. The molecule has 10 nitrogen and oxygen atoms in total. The van der Waals surface area contributed by atoms with Crippen LogP contribution in [0.3, 0.4) is 0 Å². The van der Waals surface area contributed by atoms with Gasteiger partial charge in [-0.2, -0.15) is 5.10 Å². The Kier molecular flexibility index (Phi) is 7.35. The number of ether oxygens (including phenoxy) is 4. The van der Waals surface area contributed by atoms with Gasteiger partial charge >= 0.3 is 0 Å². The predicted molar refractivity (Wildman–Crippen MR) is 163 cm³/mol. The summed E-state index contributed by atoms with van der Waals surface area (Å²) in [5.41, 5.74) is 4.33. The van der Waals surface area contributed by atoms with Gasteiger partial charge in [-0.3, -0.25) is 9.59 Å². The summed E-state index contributed by atoms with van der Waals surface area (Å²) >= 11 is 0. The average Bonchev–Trinajstić information content (AvgIpc) is 3.25. The standard InChI is InChI=1S/C33H32N4O6/c1-19-14-25(34-31-27(41-4)11-10-26(40-3)30(19)31)21-15-22-17-36(12-13-43-32(22)28(16-21)42-5)29(38)18-37-33(39)24-9-7-6-8-23(24)20(2)35-37/h6-11,14-16H,12-13,17-18H2,1-5H3. The highest BCUT2D eigenvalue weighted by Gasteiger charge is 2.25. The molecule has 43 heavy (non-hydrogen) atoms. The summed E-state index contributed by atoms with van der Waals surface area (Å²) in [6.45, 7) is 4.55. The number of carbonyl (C=O) groups is 1. The van der Waals surface area contributed by atoms with E-state index in [0.717, 1.165) is 27.5 Å². The van der Waals surface area contributed by atoms with Crippen LogP contribution in [-0.4, -0.2) is 60.1 Å². The van der Waals surface area contributed by atoms with Gasteiger partial charge in [-0.15, -0.1) is 0 Å². The average molecular weight is 581 g/mol. The number of carbonyl (C=O) groups excluding carboxylic acids is 1. The largest absolute Gasteiger partial charge is 0.496 e. The third-order valence-electron chi connectivity index (χ3n) is 7.83. The van der Waals surface area contributed by atoms with Gasteiger partial charge in [0.1, 0.15) is 30.2 Å². The summed E-state index contributed by atoms with van der Waals surface area (Å²) in [5.74, 6) is 2.23. The van der Waals surface area contributed by atoms with Gasteiger partial charge in [-0.25, -0.2) is 9.67 Å². The first-order valence-corrected chi connectivity index (χ1v) is 13.9. The van der Waals surface area contributed by atoms with Crippen LogP contribution in [0.5, 0.6) is 23.0 Å². The van der Waals surface area contributed by atoms with Crippen molar-refractivity contribution in [3.05, 3.63) is 81.8 Å². The summed E-state index contributed by atoms with van der Waals surface area (Å²) in [6.07, 6.45) is 0. The van der Waals surface area contributed by atoms with E-state index < -0.39 is 0 Å². The van der Waals surface area contributed by atoms with E-state index in [1.807, 2.05) is 62.4 Å². The van der Waals surface area contributed by atoms with Crippen LogP contribution < -0.4 is 24.5 Å². The molecule has 0 saturated carbocycles. The number of aromatic nitrogens is 3. The summed E-state index contributed by atoms with van der Waals surface area (Å²) in [7, 11) is 4.83. The normalized spacial score (nSPS) is 12.9. The Morgan fingerprint density at radius 1 is 0.930 bits per heavy atom. The van der Waals surface area contributed by atoms with Gasteiger partial charge in [0, 0.05) is 28.4 Å². The Morgan fingerprint density at radius 3 is 2.40 bits per heavy atom. The number of rotatable bonds is 6. The maximum atomic E-state index is 13.6. The van der Waals surface area contributed by atoms with Gasteiger partial charge in [-0.05, 0) is 55.8 Å². The first-order valence-electron chi connectivity index (χ1n) is 13.9. The molecule has 0 atom stereocenters. The number of fused-ring (bicyclic) bond motifs is 3. The molecule has 2 aromatic heterocycles. The summed E-state index contributed by atoms with van der Waals surface area (Å²) in [4.78, 5) is 33.3. The lowest BCUT2D eigenvalue weighted by molar-refractivity contribution is -0.132. The SMILES string of the molecule is COc1cc(-c2cc(C)c3c(OC)ccc(OC)c3n2)cc2c1OCCN(C(=O)Cn1nc(C)c3ccccc3c1=O)C2. The van der Waals surface area contributed by atoms with Gasteiger partial charge in [0.05, 0.1) is 44.6 Å². The van der Waals surface area contributed by atoms with E-state index in [0.29, 0.717) is 51.8 Å². The quantitative estimate of drug-likeness (QED) is 0.285. The summed E-state index contributed by atoms with van der Waals surface area (Å²) in [5, 5.41) is 6.61. The number of pyridine rings is 1. The predicted octanol–water partition coefficient (Wildman–Crippen LogP) is 4.68. The van der Waals surface area contributed by atoms with E-state index in [-0.39, 0.29) is 31.2 Å². The molecule has 0 bridgehead atoms. The van der Waals surface area contributed by atoms with Crippen molar-refractivity contribution in [2.75, 3.05) is 34.5 Å². The molecule has 1 amide bonds. The van der Waals surface area contributed by atoms with E-state index in [9.17, 15) is 9.59 Å². The molecule has 1 aliphatic heterocycles. The van der Waals surface area contributed by atoms with Gasteiger partial charge in [0.2, 0.25) is 5.91 Å². The van der Waals surface area contributed by atoms with Crippen LogP contribution in [0.25, 0.3) is 32.9 Å². The second-order valence-electron chi connectivity index (χ2n) is 10.4. The summed E-state index contributed by atoms with van der Waals surface area (Å²) < 4.78 is 24.3. The van der Waals surface area contributed by atoms with E-state index >= 15 is 0 Å². The van der Waals surface area contributed by atoms with Crippen molar-refractivity contribution in [3.8, 4) is 34.3 Å². The number of nitrogens with zero attached hydrogens (tertiary/aromatic N) is 4. The van der Waals surface area contributed by atoms with Gasteiger partial charge in [0.25, 0.3) is 5.56 Å². The second kappa shape index (κ2) is 11.3. The smallest absolute Gasteiger partial charge is 0.275 e. The van der Waals surface area contributed by atoms with E-state index in [1.54, 1.807) is 32.3 Å². The van der Waals surface area contributed by atoms with Crippen LogP contribution in [0.1, 0.15) is 16.8 Å². The number of hydrogen-bond donors (Lipinski definition) is 0. The fraction of sp³-hybridized carbons (Fsp3) is 0.273. The molecule has 0 unspecified atom stereocenters. The van der Waals surface area contributed by atoms with Crippen molar-refractivity contribution in [1.82, 2.24) is 19.7 Å². The lowest BCUT2D eigenvalue weighted by Crippen LogP contribution is -2.38. The first kappa shape index (κ1) is 28.0. The highest BCUT2D eigenvalue weighted by Crippen LogP contribution is 2.40. The zero-order valence-electron chi connectivity index (χ0n) is 24.8. The molecule has 3 aromatic carbocycles. The Hall–Kier alpha value is -5.12. The minimum absolute atomic E-state index is 0.177. The van der Waals surface area contributed by atoms with E-state index in [4.69, 9.17) is 23.9 Å². The molecule has 6 rings (SSSR count). The third kappa shape index (κ3) is 4.98. The van der Waals surface area contributed by atoms with Crippen molar-refractivity contribution < 1.29 is 23.7 Å². The number of amides is 1. The molecular weight excluding hydrogens is 548 g/mol.